The summed E-state index contributed by atoms with van der Waals surface area (Å²) in [6.07, 6.45) is -4.61. The van der Waals surface area contributed by atoms with Crippen LogP contribution in [0.25, 0.3) is 11.0 Å². The highest BCUT2D eigenvalue weighted by Gasteiger charge is 2.28. The van der Waals surface area contributed by atoms with Gasteiger partial charge >= 0.3 is 18.2 Å². The summed E-state index contributed by atoms with van der Waals surface area (Å²) in [7, 11) is 0. The lowest BCUT2D eigenvalue weighted by Gasteiger charge is -2.09. The quantitative estimate of drug-likeness (QED) is 0.818. The Kier molecular flexibility index (Phi) is 5.30. The van der Waals surface area contributed by atoms with E-state index in [9.17, 15) is 27.6 Å². The lowest BCUT2D eigenvalue weighted by molar-refractivity contribution is -0.125. The minimum absolute atomic E-state index is 0.101. The molecule has 1 aromatic carbocycles. The van der Waals surface area contributed by atoms with E-state index in [1.807, 2.05) is 0 Å². The fourth-order valence-corrected chi connectivity index (χ4v) is 1.95. The van der Waals surface area contributed by atoms with E-state index in [-0.39, 0.29) is 5.76 Å². The summed E-state index contributed by atoms with van der Waals surface area (Å²) in [6.45, 7) is -0.814. The third kappa shape index (κ3) is 4.96. The Balaban J connectivity index is 1.87. The molecule has 7 nitrogen and oxygen atoms in total. The molecule has 0 aliphatic carbocycles. The first-order valence-corrected chi connectivity index (χ1v) is 6.97. The van der Waals surface area contributed by atoms with Crippen molar-refractivity contribution >= 4 is 28.9 Å². The average Bonchev–Trinajstić information content (AvgIpc) is 2.87. The molecule has 2 N–H and O–H groups in total. The van der Waals surface area contributed by atoms with E-state index >= 15 is 0 Å². The van der Waals surface area contributed by atoms with E-state index in [1.54, 1.807) is 36.5 Å². The van der Waals surface area contributed by atoms with Crippen LogP contribution in [0.2, 0.25) is 0 Å². The first-order chi connectivity index (χ1) is 11.7. The number of ether oxygens (including phenoxy) is 1. The Morgan fingerprint density at radius 2 is 1.88 bits per heavy atom. The summed E-state index contributed by atoms with van der Waals surface area (Å²) in [6, 6.07) is 5.51. The number of para-hydroxylation sites is 1. The maximum atomic E-state index is 11.9. The van der Waals surface area contributed by atoms with Crippen LogP contribution < -0.4 is 10.6 Å². The zero-order chi connectivity index (χ0) is 18.6. The molecule has 3 amide bonds. The number of furan rings is 1. The van der Waals surface area contributed by atoms with Gasteiger partial charge in [0.1, 0.15) is 12.1 Å². The number of urea groups is 1. The van der Waals surface area contributed by atoms with E-state index in [1.165, 1.54) is 5.32 Å². The first-order valence-electron chi connectivity index (χ1n) is 6.97. The van der Waals surface area contributed by atoms with Crippen molar-refractivity contribution in [3.05, 3.63) is 35.6 Å². The van der Waals surface area contributed by atoms with Gasteiger partial charge in [-0.1, -0.05) is 18.2 Å². The number of carbonyl (C=O) groups is 3. The zero-order valence-corrected chi connectivity index (χ0v) is 12.9. The van der Waals surface area contributed by atoms with Crippen molar-refractivity contribution in [1.82, 2.24) is 10.6 Å². The van der Waals surface area contributed by atoms with Gasteiger partial charge in [-0.25, -0.2) is 9.59 Å². The van der Waals surface area contributed by atoms with Crippen molar-refractivity contribution in [2.24, 2.45) is 0 Å². The van der Waals surface area contributed by atoms with Crippen molar-refractivity contribution in [2.45, 2.75) is 13.1 Å². The highest BCUT2D eigenvalue weighted by molar-refractivity contribution is 5.98. The monoisotopic (exact) mass is 358 g/mol. The molecule has 0 bridgehead atoms. The van der Waals surface area contributed by atoms with Crippen molar-refractivity contribution in [1.29, 1.82) is 0 Å². The van der Waals surface area contributed by atoms with Crippen LogP contribution >= 0.6 is 0 Å². The van der Waals surface area contributed by atoms with Gasteiger partial charge in [-0.3, -0.25) is 10.1 Å². The molecular formula is C15H13F3N2O5. The number of esters is 1. The molecule has 0 aliphatic heterocycles. The van der Waals surface area contributed by atoms with Gasteiger partial charge in [-0.15, -0.1) is 0 Å². The molecule has 1 aromatic heterocycles. The van der Waals surface area contributed by atoms with Crippen molar-refractivity contribution < 1.29 is 36.7 Å². The van der Waals surface area contributed by atoms with E-state index in [2.05, 4.69) is 0 Å². The number of aryl methyl sites for hydroxylation is 1. The average molecular weight is 358 g/mol. The number of imide groups is 1. The number of carbonyl (C=O) groups excluding carboxylic acids is 3. The summed E-state index contributed by atoms with van der Waals surface area (Å²) in [5, 5.41) is 3.75. The standard InChI is InChI=1S/C15H13F3N2O5/c1-8-9-4-2-3-5-10(9)25-12(8)13(22)24-6-11(21)20-14(23)19-7-15(16,17)18/h2-5H,6-7H2,1H3,(H2,19,20,21,23). The summed E-state index contributed by atoms with van der Waals surface area (Å²) in [5.41, 5.74) is 0.979. The zero-order valence-electron chi connectivity index (χ0n) is 12.9. The molecule has 0 saturated carbocycles. The summed E-state index contributed by atoms with van der Waals surface area (Å²) in [4.78, 5) is 34.4. The predicted molar refractivity (Wildman–Crippen MR) is 78.8 cm³/mol. The van der Waals surface area contributed by atoms with E-state index in [4.69, 9.17) is 9.15 Å². The lowest BCUT2D eigenvalue weighted by Crippen LogP contribution is -2.44. The number of halogens is 3. The predicted octanol–water partition coefficient (Wildman–Crippen LogP) is 2.29. The van der Waals surface area contributed by atoms with Crippen LogP contribution in [-0.2, 0) is 9.53 Å². The van der Waals surface area contributed by atoms with Gasteiger partial charge in [0.15, 0.2) is 6.61 Å². The second-order valence-electron chi connectivity index (χ2n) is 4.97. The molecule has 0 radical (unpaired) electrons. The molecule has 10 heteroatoms. The molecule has 0 atom stereocenters. The molecule has 0 aliphatic rings. The maximum absolute atomic E-state index is 11.9. The van der Waals surface area contributed by atoms with Gasteiger partial charge in [0, 0.05) is 10.9 Å². The normalized spacial score (nSPS) is 11.2. The Bertz CT molecular complexity index is 813. The van der Waals surface area contributed by atoms with Crippen LogP contribution in [0.4, 0.5) is 18.0 Å². The van der Waals surface area contributed by atoms with Gasteiger partial charge in [-0.05, 0) is 13.0 Å². The minimum atomic E-state index is -4.61. The Morgan fingerprint density at radius 1 is 1.20 bits per heavy atom. The number of hydrogen-bond donors (Lipinski definition) is 2. The fourth-order valence-electron chi connectivity index (χ4n) is 1.95. The molecule has 2 rings (SSSR count). The highest BCUT2D eigenvalue weighted by Crippen LogP contribution is 2.25. The third-order valence-corrected chi connectivity index (χ3v) is 3.07. The molecule has 0 saturated heterocycles. The lowest BCUT2D eigenvalue weighted by atomic mass is 10.1. The summed E-state index contributed by atoms with van der Waals surface area (Å²) >= 11 is 0. The van der Waals surface area contributed by atoms with Crippen molar-refractivity contribution in [2.75, 3.05) is 13.2 Å². The first kappa shape index (κ1) is 18.3. The maximum Gasteiger partial charge on any atom is 0.405 e. The molecule has 1 heterocycles. The Hall–Kier alpha value is -3.04. The highest BCUT2D eigenvalue weighted by atomic mass is 19.4. The molecule has 0 spiro atoms. The van der Waals surface area contributed by atoms with Crippen LogP contribution in [0.3, 0.4) is 0 Å². The molecule has 25 heavy (non-hydrogen) atoms. The topological polar surface area (TPSA) is 97.6 Å². The summed E-state index contributed by atoms with van der Waals surface area (Å²) < 4.78 is 45.8. The Morgan fingerprint density at radius 3 is 2.52 bits per heavy atom. The van der Waals surface area contributed by atoms with Gasteiger partial charge in [0.05, 0.1) is 0 Å². The van der Waals surface area contributed by atoms with Gasteiger partial charge in [0.2, 0.25) is 5.76 Å². The molecule has 0 fully saturated rings. The van der Waals surface area contributed by atoms with Gasteiger partial charge < -0.3 is 14.5 Å². The SMILES string of the molecule is Cc1c(C(=O)OCC(=O)NC(=O)NCC(F)(F)F)oc2ccccc12. The van der Waals surface area contributed by atoms with Gasteiger partial charge in [-0.2, -0.15) is 13.2 Å². The van der Waals surface area contributed by atoms with Crippen molar-refractivity contribution in [3.8, 4) is 0 Å². The van der Waals surface area contributed by atoms with Crippen LogP contribution in [0, 0.1) is 6.92 Å². The third-order valence-electron chi connectivity index (χ3n) is 3.07. The smallest absolute Gasteiger partial charge is 0.405 e. The minimum Gasteiger partial charge on any atom is -0.450 e. The number of nitrogens with one attached hydrogen (secondary N) is 2. The molecular weight excluding hydrogens is 345 g/mol. The second kappa shape index (κ2) is 7.24. The van der Waals surface area contributed by atoms with E-state index in [0.717, 1.165) is 0 Å². The van der Waals surface area contributed by atoms with E-state index in [0.29, 0.717) is 16.5 Å². The fraction of sp³-hybridized carbons (Fsp3) is 0.267. The summed E-state index contributed by atoms with van der Waals surface area (Å²) in [5.74, 6) is -2.11. The number of benzene rings is 1. The van der Waals surface area contributed by atoms with Crippen LogP contribution in [-0.4, -0.2) is 37.2 Å². The number of hydrogen-bond acceptors (Lipinski definition) is 5. The van der Waals surface area contributed by atoms with Crippen molar-refractivity contribution in [3.63, 3.8) is 0 Å². The number of amides is 3. The number of fused-ring (bicyclic) bond motifs is 1. The molecule has 2 aromatic rings. The largest absolute Gasteiger partial charge is 0.450 e. The van der Waals surface area contributed by atoms with Crippen LogP contribution in [0.5, 0.6) is 0 Å². The Labute approximate surface area is 139 Å². The van der Waals surface area contributed by atoms with Crippen LogP contribution in [0.15, 0.2) is 28.7 Å². The number of alkyl halides is 3. The molecule has 134 valence electrons. The van der Waals surface area contributed by atoms with E-state index < -0.39 is 37.2 Å². The van der Waals surface area contributed by atoms with Gasteiger partial charge in [0.25, 0.3) is 5.91 Å². The molecule has 0 unspecified atom stereocenters. The second-order valence-corrected chi connectivity index (χ2v) is 4.97. The van der Waals surface area contributed by atoms with Crippen LogP contribution in [0.1, 0.15) is 16.1 Å². The number of rotatable bonds is 4.